The van der Waals surface area contributed by atoms with E-state index in [1.54, 1.807) is 44.2 Å². The monoisotopic (exact) mass is 844 g/mol. The minimum atomic E-state index is -1.55. The zero-order valence-corrected chi connectivity index (χ0v) is 33.2. The van der Waals surface area contributed by atoms with Gasteiger partial charge in [0, 0.05) is 26.6 Å². The van der Waals surface area contributed by atoms with Gasteiger partial charge in [-0.3, -0.25) is 48.6 Å². The number of primary amides is 1. The van der Waals surface area contributed by atoms with Crippen molar-refractivity contribution in [3.8, 4) is 0 Å². The Kier molecular flexibility index (Phi) is 19.9. The van der Waals surface area contributed by atoms with Crippen LogP contribution >= 0.6 is 0 Å². The number of nitrogens with one attached hydrogen (secondary N) is 10. The van der Waals surface area contributed by atoms with Crippen molar-refractivity contribution in [1.29, 1.82) is 5.41 Å². The van der Waals surface area contributed by atoms with E-state index >= 15 is 0 Å². The molecule has 0 spiro atoms. The van der Waals surface area contributed by atoms with E-state index in [2.05, 4.69) is 47.9 Å². The van der Waals surface area contributed by atoms with E-state index in [0.717, 1.165) is 0 Å². The van der Waals surface area contributed by atoms with Crippen LogP contribution in [0.3, 0.4) is 0 Å². The Morgan fingerprint density at radius 3 is 1.95 bits per heavy atom. The van der Waals surface area contributed by atoms with E-state index in [9.17, 15) is 47.9 Å². The molecule has 24 nitrogen and oxygen atoms in total. The lowest BCUT2D eigenvalue weighted by Crippen LogP contribution is -2.59. The van der Waals surface area contributed by atoms with Gasteiger partial charge in [-0.05, 0) is 24.3 Å². The number of hydrogen-bond acceptors (Lipinski definition) is 14. The van der Waals surface area contributed by atoms with Crippen molar-refractivity contribution in [2.75, 3.05) is 50.5 Å². The fourth-order valence-electron chi connectivity index (χ4n) is 5.38. The number of nitrogens with two attached hydrogens (primary N) is 2. The van der Waals surface area contributed by atoms with Gasteiger partial charge in [-0.1, -0.05) is 44.2 Å². The van der Waals surface area contributed by atoms with Gasteiger partial charge in [0.2, 0.25) is 35.4 Å². The Morgan fingerprint density at radius 2 is 1.37 bits per heavy atom. The van der Waals surface area contributed by atoms with E-state index in [1.807, 2.05) is 0 Å². The summed E-state index contributed by atoms with van der Waals surface area (Å²) in [5.74, 6) is -7.62. The second-order valence-corrected chi connectivity index (χ2v) is 13.5. The quantitative estimate of drug-likeness (QED) is 0.0184. The number of benzene rings is 1. The highest BCUT2D eigenvalue weighted by molar-refractivity contribution is 5.96. The zero-order valence-electron chi connectivity index (χ0n) is 33.2. The minimum Gasteiger partial charge on any atom is -0.481 e. The molecule has 0 bridgehead atoms. The number of carboxylic acid groups (broad SMARTS) is 1. The number of hydrogen-bond donors (Lipinski definition) is 13. The highest BCUT2D eigenvalue weighted by atomic mass is 16.5. The highest BCUT2D eigenvalue weighted by Crippen LogP contribution is 2.14. The van der Waals surface area contributed by atoms with Crippen molar-refractivity contribution >= 4 is 64.8 Å². The molecule has 2 aromatic rings. The molecule has 0 aromatic heterocycles. The number of amides is 7. The number of carboxylic acids is 1. The van der Waals surface area contributed by atoms with Gasteiger partial charge in [-0.25, -0.2) is 4.79 Å². The van der Waals surface area contributed by atoms with E-state index in [1.165, 1.54) is 7.05 Å². The van der Waals surface area contributed by atoms with Gasteiger partial charge >= 0.3 is 12.1 Å². The lowest BCUT2D eigenvalue weighted by atomic mass is 10.00. The number of aliphatic carboxylic acids is 1. The molecule has 0 fully saturated rings. The summed E-state index contributed by atoms with van der Waals surface area (Å²) >= 11 is 0. The second kappa shape index (κ2) is 24.5. The maximum Gasteiger partial charge on any atom is 0.406 e. The molecule has 0 heterocycles. The largest absolute Gasteiger partial charge is 0.481 e. The van der Waals surface area contributed by atoms with Crippen molar-refractivity contribution < 1.29 is 48.2 Å². The topological polar surface area (TPSA) is 384 Å². The van der Waals surface area contributed by atoms with Gasteiger partial charge in [0.05, 0.1) is 19.5 Å². The summed E-state index contributed by atoms with van der Waals surface area (Å²) in [5.41, 5.74) is 9.08. The average Bonchev–Trinajstić information content (AvgIpc) is 3.19. The molecule has 7 amide bonds. The molecule has 0 aliphatic carbocycles. The Balaban J connectivity index is 2.19. The smallest absolute Gasteiger partial charge is 0.406 e. The van der Waals surface area contributed by atoms with Crippen LogP contribution < -0.4 is 70.2 Å². The first kappa shape index (κ1) is 48.9. The summed E-state index contributed by atoms with van der Waals surface area (Å²) in [6, 6.07) is 3.16. The Hall–Kier alpha value is -7.27. The molecule has 2 aromatic carbocycles. The normalized spacial score (nSPS) is 12.7. The molecule has 4 atom stereocenters. The lowest BCUT2D eigenvalue weighted by molar-refractivity contribution is -0.140. The van der Waals surface area contributed by atoms with E-state index < -0.39 is 108 Å². The Bertz CT molecular complexity index is 1930. The molecule has 2 rings (SSSR count). The fraction of sp³-hybridized carbons (Fsp3) is 0.472. The molecular formula is C36H52N12O12. The second-order valence-electron chi connectivity index (χ2n) is 13.5. The summed E-state index contributed by atoms with van der Waals surface area (Å²) < 4.78 is 4.83. The molecule has 0 aliphatic rings. The molecule has 0 radical (unpaired) electrons. The average molecular weight is 845 g/mol. The van der Waals surface area contributed by atoms with Crippen LogP contribution in [0.4, 0.5) is 16.2 Å². The summed E-state index contributed by atoms with van der Waals surface area (Å²) in [7, 11) is 1.36. The first-order valence-corrected chi connectivity index (χ1v) is 18.6. The summed E-state index contributed by atoms with van der Waals surface area (Å²) in [4.78, 5) is 125. The zero-order chi connectivity index (χ0) is 44.9. The van der Waals surface area contributed by atoms with Gasteiger partial charge < -0.3 is 69.2 Å². The van der Waals surface area contributed by atoms with E-state index in [0.29, 0.717) is 5.56 Å². The van der Waals surface area contributed by atoms with Crippen molar-refractivity contribution in [3.05, 3.63) is 56.3 Å². The summed E-state index contributed by atoms with van der Waals surface area (Å²) in [6.07, 6.45) is -1.40. The molecule has 15 N–H and O–H groups in total. The molecule has 0 aliphatic heterocycles. The molecule has 0 saturated carbocycles. The van der Waals surface area contributed by atoms with Crippen LogP contribution in [0.1, 0.15) is 38.7 Å². The van der Waals surface area contributed by atoms with Crippen LogP contribution in [0, 0.1) is 11.3 Å². The van der Waals surface area contributed by atoms with Crippen molar-refractivity contribution in [2.24, 2.45) is 17.4 Å². The standard InChI is InChI=1S/C36H52N12O12/c1-18(2)26(34(58)47-20(10-7-11-42-35(38)39)32(56)44-17-24(50)45-21(31(37)55)15-25(51)52)48-33(57)22(14-19-8-5-4-6-9-19)46-23(49)16-43-28-27(29(53)30(28)54)41-12-13-60-36(59)40-3/h4-6,8-9,18,20-22,26,41,43H,7,10-17H2,1-3H3,(H2,37,55)(H,40,59)(H,44,56)(H,45,50)(H,46,49)(H,47,58)(H,48,57)(H,51,52)(H4,38,39,42)/t20-,21-,22+,26?/m0/s1. The van der Waals surface area contributed by atoms with E-state index in [4.69, 9.17) is 26.7 Å². The van der Waals surface area contributed by atoms with Gasteiger partial charge in [0.15, 0.2) is 5.96 Å². The lowest BCUT2D eigenvalue weighted by Gasteiger charge is -2.27. The van der Waals surface area contributed by atoms with Gasteiger partial charge in [0.1, 0.15) is 42.1 Å². The predicted molar refractivity (Wildman–Crippen MR) is 215 cm³/mol. The first-order valence-electron chi connectivity index (χ1n) is 18.6. The van der Waals surface area contributed by atoms with Crippen LogP contribution in [0.5, 0.6) is 0 Å². The van der Waals surface area contributed by atoms with E-state index in [-0.39, 0.29) is 56.3 Å². The third-order valence-corrected chi connectivity index (χ3v) is 8.46. The van der Waals surface area contributed by atoms with Gasteiger partial charge in [-0.2, -0.15) is 0 Å². The number of ether oxygens (including phenoxy) is 1. The van der Waals surface area contributed by atoms with Crippen LogP contribution in [-0.4, -0.2) is 123 Å². The number of carbonyl (C=O) groups is 8. The SMILES string of the molecule is CNC(=O)OCCNc1c(NCC(=O)N[C@H](Cc2ccccc2)C(=O)NC(C(=O)N[C@@H](CCCNC(=N)N)C(=O)NCC(=O)N[C@@H](CC(=O)O)C(N)=O)C(C)C)c(=O)c1=O. The number of carbonyl (C=O) groups excluding carboxylic acids is 7. The fourth-order valence-corrected chi connectivity index (χ4v) is 5.38. The van der Waals surface area contributed by atoms with Gasteiger partial charge in [0.25, 0.3) is 10.9 Å². The molecule has 24 heteroatoms. The summed E-state index contributed by atoms with van der Waals surface area (Å²) in [6.45, 7) is 1.93. The summed E-state index contributed by atoms with van der Waals surface area (Å²) in [5, 5.41) is 38.6. The number of anilines is 2. The van der Waals surface area contributed by atoms with Crippen LogP contribution in [0.25, 0.3) is 0 Å². The first-order chi connectivity index (χ1) is 28.3. The third kappa shape index (κ3) is 16.7. The highest BCUT2D eigenvalue weighted by Gasteiger charge is 2.32. The van der Waals surface area contributed by atoms with Crippen molar-refractivity contribution in [3.63, 3.8) is 0 Å². The maximum atomic E-state index is 13.8. The molecular weight excluding hydrogens is 792 g/mol. The maximum absolute atomic E-state index is 13.8. The molecule has 0 saturated heterocycles. The molecule has 328 valence electrons. The van der Waals surface area contributed by atoms with Crippen LogP contribution in [-0.2, 0) is 44.7 Å². The van der Waals surface area contributed by atoms with Crippen LogP contribution in [0.15, 0.2) is 39.9 Å². The van der Waals surface area contributed by atoms with Crippen molar-refractivity contribution in [1.82, 2.24) is 37.2 Å². The Labute approximate surface area is 343 Å². The van der Waals surface area contributed by atoms with Crippen molar-refractivity contribution in [2.45, 2.75) is 63.7 Å². The predicted octanol–water partition coefficient (Wildman–Crippen LogP) is -4.36. The molecule has 1 unspecified atom stereocenters. The number of rotatable bonds is 26. The molecule has 60 heavy (non-hydrogen) atoms. The minimum absolute atomic E-state index is 0.0162. The Morgan fingerprint density at radius 1 is 0.750 bits per heavy atom. The number of guanidine groups is 1. The number of alkyl carbamates (subject to hydrolysis) is 1. The van der Waals surface area contributed by atoms with Gasteiger partial charge in [-0.15, -0.1) is 0 Å². The van der Waals surface area contributed by atoms with Crippen LogP contribution in [0.2, 0.25) is 0 Å². The third-order valence-electron chi connectivity index (χ3n) is 8.46.